The highest BCUT2D eigenvalue weighted by Crippen LogP contribution is 2.24. The molecule has 0 spiro atoms. The fourth-order valence-electron chi connectivity index (χ4n) is 1.39. The second kappa shape index (κ2) is 5.53. The quantitative estimate of drug-likeness (QED) is 0.716. The first-order valence-corrected chi connectivity index (χ1v) is 4.66. The maximum atomic E-state index is 11.3. The topological polar surface area (TPSA) is 73.9 Å². The Labute approximate surface area is 93.7 Å². The van der Waals surface area contributed by atoms with Crippen LogP contribution in [0, 0.1) is 28.6 Å². The zero-order valence-corrected chi connectivity index (χ0v) is 8.75. The van der Waals surface area contributed by atoms with Gasteiger partial charge in [-0.1, -0.05) is 30.3 Å². The van der Waals surface area contributed by atoms with Crippen LogP contribution in [0.5, 0.6) is 0 Å². The van der Waals surface area contributed by atoms with Crippen molar-refractivity contribution in [1.82, 2.24) is 0 Å². The van der Waals surface area contributed by atoms with E-state index in [-0.39, 0.29) is 0 Å². The summed E-state index contributed by atoms with van der Waals surface area (Å²) in [4.78, 5) is 11.3. The minimum absolute atomic E-state index is 0.641. The summed E-state index contributed by atoms with van der Waals surface area (Å²) in [5, 5.41) is 17.9. The van der Waals surface area contributed by atoms with E-state index >= 15 is 0 Å². The molecular weight excluding hydrogens is 204 g/mol. The Balaban J connectivity index is 3.04. The predicted octanol–water partition coefficient (Wildman–Crippen LogP) is 1.61. The van der Waals surface area contributed by atoms with E-state index in [1.807, 2.05) is 6.07 Å². The van der Waals surface area contributed by atoms with Gasteiger partial charge in [0.1, 0.15) is 0 Å². The first kappa shape index (κ1) is 11.7. The van der Waals surface area contributed by atoms with Crippen molar-refractivity contribution in [1.29, 1.82) is 10.5 Å². The van der Waals surface area contributed by atoms with Gasteiger partial charge in [-0.15, -0.1) is 0 Å². The summed E-state index contributed by atoms with van der Waals surface area (Å²) < 4.78 is 4.49. The van der Waals surface area contributed by atoms with Gasteiger partial charge in [-0.25, -0.2) is 0 Å². The summed E-state index contributed by atoms with van der Waals surface area (Å²) in [6, 6.07) is 12.5. The van der Waals surface area contributed by atoms with Gasteiger partial charge >= 0.3 is 5.97 Å². The van der Waals surface area contributed by atoms with Crippen LogP contribution in [-0.2, 0) is 9.53 Å². The van der Waals surface area contributed by atoms with E-state index in [0.717, 1.165) is 0 Å². The summed E-state index contributed by atoms with van der Waals surface area (Å²) in [6.45, 7) is 0. The lowest BCUT2D eigenvalue weighted by Gasteiger charge is -2.13. The molecule has 2 atom stereocenters. The standard InChI is InChI=1S/C12H10N2O2/c1-16-12(15)11(8-14)10(7-13)9-5-3-2-4-6-9/h2-6,10-11H,1H3/t10-,11-/m1/s1. The Morgan fingerprint density at radius 3 is 2.31 bits per heavy atom. The maximum Gasteiger partial charge on any atom is 0.324 e. The number of methoxy groups -OCH3 is 1. The van der Waals surface area contributed by atoms with Crippen LogP contribution in [0.25, 0.3) is 0 Å². The van der Waals surface area contributed by atoms with Crippen molar-refractivity contribution in [3.8, 4) is 12.1 Å². The van der Waals surface area contributed by atoms with Gasteiger partial charge in [0.25, 0.3) is 0 Å². The highest BCUT2D eigenvalue weighted by atomic mass is 16.5. The zero-order chi connectivity index (χ0) is 12.0. The lowest BCUT2D eigenvalue weighted by molar-refractivity contribution is -0.143. The van der Waals surface area contributed by atoms with E-state index in [4.69, 9.17) is 10.5 Å². The number of nitriles is 2. The molecule has 0 amide bonds. The number of hydrogen-bond donors (Lipinski definition) is 0. The van der Waals surface area contributed by atoms with Crippen LogP contribution in [0.2, 0.25) is 0 Å². The summed E-state index contributed by atoms with van der Waals surface area (Å²) >= 11 is 0. The van der Waals surface area contributed by atoms with Gasteiger partial charge in [-0.2, -0.15) is 10.5 Å². The minimum atomic E-state index is -1.09. The van der Waals surface area contributed by atoms with Gasteiger partial charge in [-0.3, -0.25) is 4.79 Å². The molecule has 0 heterocycles. The number of rotatable bonds is 3. The monoisotopic (exact) mass is 214 g/mol. The molecule has 0 fully saturated rings. The predicted molar refractivity (Wildman–Crippen MR) is 55.9 cm³/mol. The van der Waals surface area contributed by atoms with Crippen molar-refractivity contribution in [2.45, 2.75) is 5.92 Å². The SMILES string of the molecule is COC(=O)[C@H](C#N)[C@H](C#N)c1ccccc1. The Kier molecular flexibility index (Phi) is 4.06. The summed E-state index contributed by atoms with van der Waals surface area (Å²) in [5.41, 5.74) is 0.641. The van der Waals surface area contributed by atoms with E-state index in [1.54, 1.807) is 36.4 Å². The van der Waals surface area contributed by atoms with Crippen LogP contribution in [0.3, 0.4) is 0 Å². The number of esters is 1. The average Bonchev–Trinajstić information content (AvgIpc) is 2.36. The lowest BCUT2D eigenvalue weighted by atomic mass is 9.88. The molecule has 0 aliphatic rings. The number of nitrogens with zero attached hydrogens (tertiary/aromatic N) is 2. The second-order valence-corrected chi connectivity index (χ2v) is 3.15. The number of carbonyl (C=O) groups excluding carboxylic acids is 1. The molecular formula is C12H10N2O2. The van der Waals surface area contributed by atoms with Crippen LogP contribution >= 0.6 is 0 Å². The smallest absolute Gasteiger partial charge is 0.324 e. The first-order chi connectivity index (χ1) is 7.74. The molecule has 0 saturated carbocycles. The molecule has 4 nitrogen and oxygen atoms in total. The van der Waals surface area contributed by atoms with Crippen LogP contribution in [0.1, 0.15) is 11.5 Å². The molecule has 80 valence electrons. The largest absolute Gasteiger partial charge is 0.468 e. The molecule has 0 aliphatic heterocycles. The minimum Gasteiger partial charge on any atom is -0.468 e. The molecule has 0 aromatic heterocycles. The summed E-state index contributed by atoms with van der Waals surface area (Å²) in [7, 11) is 1.20. The summed E-state index contributed by atoms with van der Waals surface area (Å²) in [5.74, 6) is -2.56. The van der Waals surface area contributed by atoms with Crippen molar-refractivity contribution < 1.29 is 9.53 Å². The van der Waals surface area contributed by atoms with Crippen LogP contribution in [0.4, 0.5) is 0 Å². The highest BCUT2D eigenvalue weighted by molar-refractivity contribution is 5.77. The van der Waals surface area contributed by atoms with E-state index in [0.29, 0.717) is 5.56 Å². The van der Waals surface area contributed by atoms with E-state index < -0.39 is 17.8 Å². The molecule has 0 aliphatic carbocycles. The molecule has 0 radical (unpaired) electrons. The zero-order valence-electron chi connectivity index (χ0n) is 8.75. The molecule has 0 unspecified atom stereocenters. The third-order valence-corrected chi connectivity index (χ3v) is 2.23. The number of carbonyl (C=O) groups is 1. The lowest BCUT2D eigenvalue weighted by Crippen LogP contribution is -2.21. The van der Waals surface area contributed by atoms with Crippen molar-refractivity contribution in [3.63, 3.8) is 0 Å². The van der Waals surface area contributed by atoms with Gasteiger partial charge in [-0.05, 0) is 5.56 Å². The van der Waals surface area contributed by atoms with Crippen molar-refractivity contribution in [3.05, 3.63) is 35.9 Å². The molecule has 0 N–H and O–H groups in total. The molecule has 1 aromatic rings. The van der Waals surface area contributed by atoms with E-state index in [2.05, 4.69) is 4.74 Å². The second-order valence-electron chi connectivity index (χ2n) is 3.15. The normalized spacial score (nSPS) is 12.9. The molecule has 16 heavy (non-hydrogen) atoms. The Bertz CT molecular complexity index is 442. The summed E-state index contributed by atoms with van der Waals surface area (Å²) in [6.07, 6.45) is 0. The average molecular weight is 214 g/mol. The van der Waals surface area contributed by atoms with Crippen LogP contribution in [-0.4, -0.2) is 13.1 Å². The van der Waals surface area contributed by atoms with E-state index in [1.165, 1.54) is 7.11 Å². The maximum absolute atomic E-state index is 11.3. The number of hydrogen-bond acceptors (Lipinski definition) is 4. The third kappa shape index (κ3) is 2.37. The fourth-order valence-corrected chi connectivity index (χ4v) is 1.39. The Hall–Kier alpha value is -2.33. The number of benzene rings is 1. The van der Waals surface area contributed by atoms with Crippen molar-refractivity contribution in [2.24, 2.45) is 5.92 Å². The number of ether oxygens (including phenoxy) is 1. The fraction of sp³-hybridized carbons (Fsp3) is 0.250. The van der Waals surface area contributed by atoms with Gasteiger partial charge in [0, 0.05) is 0 Å². The van der Waals surface area contributed by atoms with Gasteiger partial charge in [0.15, 0.2) is 5.92 Å². The Morgan fingerprint density at radius 2 is 1.88 bits per heavy atom. The molecule has 0 saturated heterocycles. The van der Waals surface area contributed by atoms with Gasteiger partial charge in [0.2, 0.25) is 0 Å². The molecule has 0 bridgehead atoms. The first-order valence-electron chi connectivity index (χ1n) is 4.66. The van der Waals surface area contributed by atoms with Crippen LogP contribution < -0.4 is 0 Å². The Morgan fingerprint density at radius 1 is 1.25 bits per heavy atom. The van der Waals surface area contributed by atoms with E-state index in [9.17, 15) is 4.79 Å². The molecule has 1 aromatic carbocycles. The van der Waals surface area contributed by atoms with Gasteiger partial charge < -0.3 is 4.74 Å². The highest BCUT2D eigenvalue weighted by Gasteiger charge is 2.30. The van der Waals surface area contributed by atoms with Crippen molar-refractivity contribution >= 4 is 5.97 Å². The van der Waals surface area contributed by atoms with Crippen molar-refractivity contribution in [2.75, 3.05) is 7.11 Å². The van der Waals surface area contributed by atoms with Gasteiger partial charge in [0.05, 0.1) is 25.2 Å². The molecule has 1 rings (SSSR count). The van der Waals surface area contributed by atoms with Crippen LogP contribution in [0.15, 0.2) is 30.3 Å². The third-order valence-electron chi connectivity index (χ3n) is 2.23. The molecule has 4 heteroatoms.